The molecule has 0 aliphatic carbocycles. The molecule has 0 radical (unpaired) electrons. The van der Waals surface area contributed by atoms with Crippen LogP contribution < -0.4 is 11.5 Å². The number of nitrogens with two attached hydrogens (primary N) is 2. The Bertz CT molecular complexity index is 352. The molecular weight excluding hydrogens is 202 g/mol. The fourth-order valence-electron chi connectivity index (χ4n) is 1.47. The molecule has 7 heteroatoms. The molecule has 1 aromatic heterocycles. The number of anilines is 1. The zero-order valence-corrected chi connectivity index (χ0v) is 8.33. The third-order valence-electron chi connectivity index (χ3n) is 2.23. The highest BCUT2D eigenvalue weighted by atomic mass is 32.1. The van der Waals surface area contributed by atoms with E-state index >= 15 is 0 Å². The second-order valence-electron chi connectivity index (χ2n) is 3.29. The third-order valence-corrected chi connectivity index (χ3v) is 2.78. The van der Waals surface area contributed by atoms with E-state index in [4.69, 9.17) is 11.5 Å². The van der Waals surface area contributed by atoms with E-state index in [1.807, 2.05) is 0 Å². The fourth-order valence-corrected chi connectivity index (χ4v) is 1.89. The van der Waals surface area contributed by atoms with Crippen molar-refractivity contribution in [3.05, 3.63) is 5.69 Å². The Morgan fingerprint density at radius 2 is 2.43 bits per heavy atom. The Balaban J connectivity index is 2.13. The zero-order chi connectivity index (χ0) is 10.1. The van der Waals surface area contributed by atoms with E-state index in [2.05, 4.69) is 9.59 Å². The molecular formula is C7H11N5OS. The first-order valence-corrected chi connectivity index (χ1v) is 5.08. The summed E-state index contributed by atoms with van der Waals surface area (Å²) < 4.78 is 3.62. The smallest absolute Gasteiger partial charge is 0.277 e. The van der Waals surface area contributed by atoms with Gasteiger partial charge in [-0.3, -0.25) is 4.79 Å². The molecule has 1 atom stereocenters. The SMILES string of the molecule is Nc1snnc1C(=O)N1CC[C@H](N)C1. The summed E-state index contributed by atoms with van der Waals surface area (Å²) in [5.74, 6) is -0.163. The predicted octanol–water partition coefficient (Wildman–Crippen LogP) is -0.706. The van der Waals surface area contributed by atoms with E-state index in [0.717, 1.165) is 18.0 Å². The molecule has 1 fully saturated rings. The van der Waals surface area contributed by atoms with Gasteiger partial charge in [-0.2, -0.15) is 0 Å². The van der Waals surface area contributed by atoms with E-state index in [1.54, 1.807) is 4.90 Å². The molecule has 0 saturated carbocycles. The summed E-state index contributed by atoms with van der Waals surface area (Å²) >= 11 is 1.03. The van der Waals surface area contributed by atoms with Gasteiger partial charge in [0.25, 0.3) is 5.91 Å². The van der Waals surface area contributed by atoms with Crippen LogP contribution in [0.15, 0.2) is 0 Å². The number of nitrogen functional groups attached to an aromatic ring is 1. The van der Waals surface area contributed by atoms with Gasteiger partial charge in [-0.15, -0.1) is 5.10 Å². The minimum atomic E-state index is -0.163. The highest BCUT2D eigenvalue weighted by molar-refractivity contribution is 7.10. The van der Waals surface area contributed by atoms with Crippen molar-refractivity contribution in [3.63, 3.8) is 0 Å². The molecule has 0 spiro atoms. The molecule has 1 aromatic rings. The van der Waals surface area contributed by atoms with Crippen molar-refractivity contribution in [2.24, 2.45) is 5.73 Å². The molecule has 0 unspecified atom stereocenters. The van der Waals surface area contributed by atoms with Gasteiger partial charge in [-0.05, 0) is 6.42 Å². The van der Waals surface area contributed by atoms with Crippen molar-refractivity contribution in [1.29, 1.82) is 0 Å². The second-order valence-corrected chi connectivity index (χ2v) is 4.07. The molecule has 14 heavy (non-hydrogen) atoms. The fraction of sp³-hybridized carbons (Fsp3) is 0.571. The Morgan fingerprint density at radius 1 is 1.64 bits per heavy atom. The topological polar surface area (TPSA) is 98.1 Å². The van der Waals surface area contributed by atoms with Crippen LogP contribution in [0.2, 0.25) is 0 Å². The lowest BCUT2D eigenvalue weighted by Gasteiger charge is -2.13. The van der Waals surface area contributed by atoms with Gasteiger partial charge in [0.15, 0.2) is 5.69 Å². The average Bonchev–Trinajstić information content (AvgIpc) is 2.73. The van der Waals surface area contributed by atoms with Crippen LogP contribution in [0.3, 0.4) is 0 Å². The van der Waals surface area contributed by atoms with Crippen LogP contribution in [0.5, 0.6) is 0 Å². The number of amides is 1. The maximum absolute atomic E-state index is 11.8. The molecule has 1 saturated heterocycles. The van der Waals surface area contributed by atoms with E-state index in [1.165, 1.54) is 0 Å². The monoisotopic (exact) mass is 213 g/mol. The van der Waals surface area contributed by atoms with Crippen LogP contribution in [0.4, 0.5) is 5.00 Å². The molecule has 76 valence electrons. The number of carbonyl (C=O) groups excluding carboxylic acids is 1. The third kappa shape index (κ3) is 1.55. The minimum absolute atomic E-state index is 0.0757. The first kappa shape index (κ1) is 9.35. The zero-order valence-electron chi connectivity index (χ0n) is 7.51. The number of rotatable bonds is 1. The Labute approximate surface area is 85.0 Å². The van der Waals surface area contributed by atoms with Crippen molar-refractivity contribution in [1.82, 2.24) is 14.5 Å². The maximum atomic E-state index is 11.8. The molecule has 4 N–H and O–H groups in total. The number of likely N-dealkylation sites (tertiary alicyclic amines) is 1. The van der Waals surface area contributed by atoms with Crippen molar-refractivity contribution < 1.29 is 4.79 Å². The molecule has 1 amide bonds. The number of hydrogen-bond donors (Lipinski definition) is 2. The van der Waals surface area contributed by atoms with Gasteiger partial charge in [0.05, 0.1) is 0 Å². The molecule has 6 nitrogen and oxygen atoms in total. The van der Waals surface area contributed by atoms with Crippen molar-refractivity contribution >= 4 is 22.4 Å². The van der Waals surface area contributed by atoms with Gasteiger partial charge >= 0.3 is 0 Å². The van der Waals surface area contributed by atoms with Crippen LogP contribution >= 0.6 is 11.5 Å². The Hall–Kier alpha value is -1.21. The van der Waals surface area contributed by atoms with Crippen LogP contribution in [-0.2, 0) is 0 Å². The number of carbonyl (C=O) groups is 1. The van der Waals surface area contributed by atoms with Gasteiger partial charge in [0.1, 0.15) is 5.00 Å². The Kier molecular flexibility index (Phi) is 2.34. The van der Waals surface area contributed by atoms with E-state index in [0.29, 0.717) is 18.1 Å². The van der Waals surface area contributed by atoms with Gasteiger partial charge in [-0.25, -0.2) is 0 Å². The van der Waals surface area contributed by atoms with Gasteiger partial charge < -0.3 is 16.4 Å². The predicted molar refractivity (Wildman–Crippen MR) is 52.8 cm³/mol. The second kappa shape index (κ2) is 3.50. The lowest BCUT2D eigenvalue weighted by atomic mass is 10.3. The van der Waals surface area contributed by atoms with Crippen molar-refractivity contribution in [2.45, 2.75) is 12.5 Å². The molecule has 0 bridgehead atoms. The highest BCUT2D eigenvalue weighted by Crippen LogP contribution is 2.17. The van der Waals surface area contributed by atoms with E-state index < -0.39 is 0 Å². The number of hydrogen-bond acceptors (Lipinski definition) is 6. The van der Waals surface area contributed by atoms with Gasteiger partial charge in [0.2, 0.25) is 0 Å². The van der Waals surface area contributed by atoms with Crippen LogP contribution in [-0.4, -0.2) is 39.5 Å². The van der Waals surface area contributed by atoms with Crippen LogP contribution in [0.1, 0.15) is 16.9 Å². The lowest BCUT2D eigenvalue weighted by molar-refractivity contribution is 0.0786. The molecule has 1 aliphatic heterocycles. The average molecular weight is 213 g/mol. The Morgan fingerprint density at radius 3 is 2.93 bits per heavy atom. The van der Waals surface area contributed by atoms with Crippen molar-refractivity contribution in [2.75, 3.05) is 18.8 Å². The lowest BCUT2D eigenvalue weighted by Crippen LogP contribution is -2.32. The first-order chi connectivity index (χ1) is 6.68. The highest BCUT2D eigenvalue weighted by Gasteiger charge is 2.27. The standard InChI is InChI=1S/C7H11N5OS/c8-4-1-2-12(3-4)7(13)5-6(9)14-11-10-5/h4H,1-3,8-9H2/t4-/m0/s1. The minimum Gasteiger partial charge on any atom is -0.387 e. The largest absolute Gasteiger partial charge is 0.387 e. The summed E-state index contributed by atoms with van der Waals surface area (Å²) in [5.41, 5.74) is 11.5. The molecule has 1 aliphatic rings. The van der Waals surface area contributed by atoms with Crippen LogP contribution in [0, 0.1) is 0 Å². The van der Waals surface area contributed by atoms with Gasteiger partial charge in [-0.1, -0.05) is 4.49 Å². The summed E-state index contributed by atoms with van der Waals surface area (Å²) in [4.78, 5) is 13.4. The van der Waals surface area contributed by atoms with Gasteiger partial charge in [0, 0.05) is 30.7 Å². The molecule has 2 rings (SSSR count). The number of nitrogens with zero attached hydrogens (tertiary/aromatic N) is 3. The number of aromatic nitrogens is 2. The molecule has 2 heterocycles. The molecule has 0 aromatic carbocycles. The van der Waals surface area contributed by atoms with E-state index in [-0.39, 0.29) is 17.6 Å². The van der Waals surface area contributed by atoms with E-state index in [9.17, 15) is 4.79 Å². The summed E-state index contributed by atoms with van der Waals surface area (Å²) in [6.07, 6.45) is 0.837. The quantitative estimate of drug-likeness (QED) is 0.642. The summed E-state index contributed by atoms with van der Waals surface area (Å²) in [7, 11) is 0. The summed E-state index contributed by atoms with van der Waals surface area (Å²) in [6, 6.07) is 0.0757. The van der Waals surface area contributed by atoms with Crippen LogP contribution in [0.25, 0.3) is 0 Å². The normalized spacial score (nSPS) is 21.5. The maximum Gasteiger partial charge on any atom is 0.277 e. The van der Waals surface area contributed by atoms with Crippen molar-refractivity contribution in [3.8, 4) is 0 Å². The summed E-state index contributed by atoms with van der Waals surface area (Å²) in [6.45, 7) is 1.26. The summed E-state index contributed by atoms with van der Waals surface area (Å²) in [5, 5.41) is 4.07. The first-order valence-electron chi connectivity index (χ1n) is 4.31.